The Hall–Kier alpha value is -1.51. The largest absolute Gasteiger partial charge is 0.488 e. The average Bonchev–Trinajstić information content (AvgIpc) is 2.73. The normalized spacial score (nSPS) is 27.4. The van der Waals surface area contributed by atoms with Crippen LogP contribution in [0.3, 0.4) is 0 Å². The van der Waals surface area contributed by atoms with E-state index in [9.17, 15) is 4.79 Å². The van der Waals surface area contributed by atoms with Crippen LogP contribution < -0.4 is 4.74 Å². The van der Waals surface area contributed by atoms with Crippen molar-refractivity contribution in [3.05, 3.63) is 29.8 Å². The number of carbonyl (C=O) groups is 1. The minimum Gasteiger partial charge on any atom is -0.488 e. The zero-order chi connectivity index (χ0) is 23.4. The molecule has 1 atom stereocenters. The fourth-order valence-electron chi connectivity index (χ4n) is 5.55. The van der Waals surface area contributed by atoms with Gasteiger partial charge in [-0.1, -0.05) is 44.7 Å². The first kappa shape index (κ1) is 25.1. The Kier molecular flexibility index (Phi) is 7.99. The van der Waals surface area contributed by atoms with Crippen LogP contribution in [0.2, 0.25) is 0 Å². The summed E-state index contributed by atoms with van der Waals surface area (Å²) in [5.41, 5.74) is 1.26. The van der Waals surface area contributed by atoms with Gasteiger partial charge in [-0.15, -0.1) is 0 Å². The first-order valence-corrected chi connectivity index (χ1v) is 13.0. The van der Waals surface area contributed by atoms with Crippen LogP contribution >= 0.6 is 0 Å². The van der Waals surface area contributed by atoms with Gasteiger partial charge in [-0.2, -0.15) is 0 Å². The number of rotatable bonds is 5. The molecule has 1 unspecified atom stereocenters. The van der Waals surface area contributed by atoms with Crippen LogP contribution in [0.25, 0.3) is 0 Å². The van der Waals surface area contributed by atoms with Crippen molar-refractivity contribution in [2.75, 3.05) is 0 Å². The van der Waals surface area contributed by atoms with Crippen molar-refractivity contribution >= 4 is 5.97 Å². The predicted molar refractivity (Wildman–Crippen MR) is 132 cm³/mol. The molecular weight excluding hydrogens is 396 g/mol. The van der Waals surface area contributed by atoms with Gasteiger partial charge in [0.25, 0.3) is 0 Å². The SMILES string of the molecule is CCC(C)(C)Oc1ccc(C2CCCCCCC23CCC(OC(=O)C(C)(C)C)CC3)cc1. The zero-order valence-electron chi connectivity index (χ0n) is 21.5. The van der Waals surface area contributed by atoms with Gasteiger partial charge in [-0.05, 0) is 109 Å². The summed E-state index contributed by atoms with van der Waals surface area (Å²) < 4.78 is 12.1. The van der Waals surface area contributed by atoms with E-state index in [1.54, 1.807) is 0 Å². The summed E-state index contributed by atoms with van der Waals surface area (Å²) in [6.07, 6.45) is 13.3. The molecule has 1 aromatic carbocycles. The molecular formula is C29H46O3. The van der Waals surface area contributed by atoms with Crippen LogP contribution in [0, 0.1) is 10.8 Å². The van der Waals surface area contributed by atoms with E-state index >= 15 is 0 Å². The van der Waals surface area contributed by atoms with Gasteiger partial charge in [-0.25, -0.2) is 0 Å². The quantitative estimate of drug-likeness (QED) is 0.431. The second kappa shape index (κ2) is 10.2. The van der Waals surface area contributed by atoms with Gasteiger partial charge >= 0.3 is 5.97 Å². The molecule has 2 fully saturated rings. The van der Waals surface area contributed by atoms with Crippen LogP contribution in [-0.4, -0.2) is 17.7 Å². The van der Waals surface area contributed by atoms with Gasteiger partial charge in [0.2, 0.25) is 0 Å². The molecule has 0 bridgehead atoms. The highest BCUT2D eigenvalue weighted by Crippen LogP contribution is 2.54. The molecule has 0 N–H and O–H groups in total. The Morgan fingerprint density at radius 1 is 0.906 bits per heavy atom. The summed E-state index contributed by atoms with van der Waals surface area (Å²) in [4.78, 5) is 12.4. The molecule has 0 heterocycles. The third kappa shape index (κ3) is 6.29. The van der Waals surface area contributed by atoms with Crippen molar-refractivity contribution < 1.29 is 14.3 Å². The molecule has 2 aliphatic carbocycles. The molecule has 0 radical (unpaired) electrons. The van der Waals surface area contributed by atoms with E-state index in [1.807, 2.05) is 20.8 Å². The molecule has 0 aliphatic heterocycles. The second-order valence-corrected chi connectivity index (χ2v) is 12.0. The Morgan fingerprint density at radius 2 is 1.53 bits per heavy atom. The van der Waals surface area contributed by atoms with Crippen molar-refractivity contribution in [3.8, 4) is 5.75 Å². The Bertz CT molecular complexity index is 733. The predicted octanol–water partition coefficient (Wildman–Crippen LogP) is 8.21. The number of ether oxygens (including phenoxy) is 2. The molecule has 1 spiro atoms. The first-order valence-electron chi connectivity index (χ1n) is 13.0. The number of hydrogen-bond acceptors (Lipinski definition) is 3. The smallest absolute Gasteiger partial charge is 0.311 e. The van der Waals surface area contributed by atoms with Crippen LogP contribution in [0.15, 0.2) is 24.3 Å². The Labute approximate surface area is 196 Å². The summed E-state index contributed by atoms with van der Waals surface area (Å²) in [6, 6.07) is 8.99. The van der Waals surface area contributed by atoms with E-state index in [4.69, 9.17) is 9.47 Å². The van der Waals surface area contributed by atoms with E-state index in [1.165, 1.54) is 56.9 Å². The molecule has 0 amide bonds. The molecule has 3 heteroatoms. The molecule has 180 valence electrons. The minimum absolute atomic E-state index is 0.0572. The number of benzene rings is 1. The van der Waals surface area contributed by atoms with Crippen LogP contribution in [0.5, 0.6) is 5.75 Å². The summed E-state index contributed by atoms with van der Waals surface area (Å²) in [7, 11) is 0. The second-order valence-electron chi connectivity index (χ2n) is 12.0. The summed E-state index contributed by atoms with van der Waals surface area (Å²) in [5, 5.41) is 0. The zero-order valence-corrected chi connectivity index (χ0v) is 21.5. The molecule has 2 saturated carbocycles. The number of carbonyl (C=O) groups excluding carboxylic acids is 1. The van der Waals surface area contributed by atoms with Crippen LogP contribution in [-0.2, 0) is 9.53 Å². The van der Waals surface area contributed by atoms with Gasteiger partial charge in [0.05, 0.1) is 5.41 Å². The maximum absolute atomic E-state index is 12.4. The highest BCUT2D eigenvalue weighted by Gasteiger charge is 2.43. The van der Waals surface area contributed by atoms with Gasteiger partial charge < -0.3 is 9.47 Å². The highest BCUT2D eigenvalue weighted by molar-refractivity contribution is 5.75. The van der Waals surface area contributed by atoms with Crippen LogP contribution in [0.1, 0.15) is 124 Å². The van der Waals surface area contributed by atoms with E-state index in [0.717, 1.165) is 25.0 Å². The Morgan fingerprint density at radius 3 is 2.12 bits per heavy atom. The summed E-state index contributed by atoms with van der Waals surface area (Å²) in [6.45, 7) is 12.3. The average molecular weight is 443 g/mol. The fourth-order valence-corrected chi connectivity index (χ4v) is 5.55. The standard InChI is InChI=1S/C29H46O3/c1-7-28(5,6)32-24-15-13-22(14-16-24)25-12-10-8-9-11-19-29(25)20-17-23(18-21-29)31-26(30)27(2,3)4/h13-16,23,25H,7-12,17-21H2,1-6H3. The maximum atomic E-state index is 12.4. The molecule has 0 saturated heterocycles. The Balaban J connectivity index is 1.74. The molecule has 2 aliphatic rings. The van der Waals surface area contributed by atoms with Crippen molar-refractivity contribution in [2.45, 2.75) is 130 Å². The molecule has 32 heavy (non-hydrogen) atoms. The van der Waals surface area contributed by atoms with Gasteiger partial charge in [-0.3, -0.25) is 4.79 Å². The first-order chi connectivity index (χ1) is 15.0. The lowest BCUT2D eigenvalue weighted by Gasteiger charge is -2.47. The highest BCUT2D eigenvalue weighted by atomic mass is 16.5. The summed E-state index contributed by atoms with van der Waals surface area (Å²) in [5.74, 6) is 1.51. The molecule has 0 aromatic heterocycles. The molecule has 1 aromatic rings. The van der Waals surface area contributed by atoms with Gasteiger partial charge in [0.1, 0.15) is 17.5 Å². The number of hydrogen-bond donors (Lipinski definition) is 0. The lowest BCUT2D eigenvalue weighted by molar-refractivity contribution is -0.161. The third-order valence-electron chi connectivity index (χ3n) is 8.00. The molecule has 3 rings (SSSR count). The van der Waals surface area contributed by atoms with Gasteiger partial charge in [0.15, 0.2) is 0 Å². The maximum Gasteiger partial charge on any atom is 0.311 e. The number of esters is 1. The van der Waals surface area contributed by atoms with Crippen molar-refractivity contribution in [3.63, 3.8) is 0 Å². The monoisotopic (exact) mass is 442 g/mol. The molecule has 3 nitrogen and oxygen atoms in total. The lowest BCUT2D eigenvalue weighted by Crippen LogP contribution is -2.38. The summed E-state index contributed by atoms with van der Waals surface area (Å²) >= 11 is 0. The topological polar surface area (TPSA) is 35.5 Å². The van der Waals surface area contributed by atoms with E-state index in [0.29, 0.717) is 11.3 Å². The van der Waals surface area contributed by atoms with E-state index in [-0.39, 0.29) is 17.7 Å². The third-order valence-corrected chi connectivity index (χ3v) is 8.00. The van der Waals surface area contributed by atoms with Crippen molar-refractivity contribution in [1.82, 2.24) is 0 Å². The lowest BCUT2D eigenvalue weighted by atomic mass is 9.59. The van der Waals surface area contributed by atoms with Crippen LogP contribution in [0.4, 0.5) is 0 Å². The van der Waals surface area contributed by atoms with Gasteiger partial charge in [0, 0.05) is 0 Å². The van der Waals surface area contributed by atoms with Crippen molar-refractivity contribution in [1.29, 1.82) is 0 Å². The van der Waals surface area contributed by atoms with E-state index in [2.05, 4.69) is 45.0 Å². The van der Waals surface area contributed by atoms with Crippen molar-refractivity contribution in [2.24, 2.45) is 10.8 Å². The minimum atomic E-state index is -0.423. The fraction of sp³-hybridized carbons (Fsp3) is 0.759. The van der Waals surface area contributed by atoms with E-state index < -0.39 is 5.41 Å².